The van der Waals surface area contributed by atoms with Crippen molar-refractivity contribution < 1.29 is 4.79 Å². The minimum atomic E-state index is -0.835. The van der Waals surface area contributed by atoms with Gasteiger partial charge < -0.3 is 10.6 Å². The van der Waals surface area contributed by atoms with Gasteiger partial charge in [-0.15, -0.1) is 0 Å². The van der Waals surface area contributed by atoms with Crippen LogP contribution in [0.15, 0.2) is 28.7 Å². The summed E-state index contributed by atoms with van der Waals surface area (Å²) in [6.07, 6.45) is 0. The molecule has 0 radical (unpaired) electrons. The molecule has 1 rings (SSSR count). The maximum Gasteiger partial charge on any atom is 0.240 e. The van der Waals surface area contributed by atoms with E-state index in [4.69, 9.17) is 5.26 Å². The molecule has 0 saturated heterocycles. The van der Waals surface area contributed by atoms with Gasteiger partial charge in [0.15, 0.2) is 0 Å². The van der Waals surface area contributed by atoms with Crippen LogP contribution in [-0.4, -0.2) is 18.0 Å². The molecule has 0 saturated carbocycles. The Bertz CT molecular complexity index is 478. The van der Waals surface area contributed by atoms with E-state index in [0.29, 0.717) is 0 Å². The average molecular weight is 324 g/mol. The predicted molar refractivity (Wildman–Crippen MR) is 79.6 cm³/mol. The van der Waals surface area contributed by atoms with Gasteiger partial charge in [-0.3, -0.25) is 4.79 Å². The minimum absolute atomic E-state index is 0.0501. The molecular weight excluding hydrogens is 306 g/mol. The lowest BCUT2D eigenvalue weighted by atomic mass is 9.90. The molecule has 1 amide bonds. The van der Waals surface area contributed by atoms with Crippen molar-refractivity contribution in [2.75, 3.05) is 11.9 Å². The van der Waals surface area contributed by atoms with Gasteiger partial charge in [0.2, 0.25) is 5.91 Å². The lowest BCUT2D eigenvalue weighted by Gasteiger charge is -2.27. The van der Waals surface area contributed by atoms with Crippen LogP contribution in [0.4, 0.5) is 5.69 Å². The van der Waals surface area contributed by atoms with E-state index in [-0.39, 0.29) is 18.4 Å². The van der Waals surface area contributed by atoms with Gasteiger partial charge in [-0.05, 0) is 37.1 Å². The molecule has 0 unspecified atom stereocenters. The minimum Gasteiger partial charge on any atom is -0.376 e. The number of nitriles is 1. The van der Waals surface area contributed by atoms with Crippen LogP contribution in [0.25, 0.3) is 0 Å². The van der Waals surface area contributed by atoms with Gasteiger partial charge in [-0.25, -0.2) is 0 Å². The first-order chi connectivity index (χ1) is 8.87. The standard InChI is InChI=1S/C14H18BrN3O/c1-10(2)14(3,9-16)18-13(19)8-17-12-6-4-11(15)5-7-12/h4-7,10,17H,8H2,1-3H3,(H,18,19)/t14-/m1/s1. The molecular formula is C14H18BrN3O. The highest BCUT2D eigenvalue weighted by Crippen LogP contribution is 2.16. The van der Waals surface area contributed by atoms with Gasteiger partial charge in [0, 0.05) is 10.2 Å². The van der Waals surface area contributed by atoms with Crippen LogP contribution in [0.5, 0.6) is 0 Å². The molecule has 4 nitrogen and oxygen atoms in total. The summed E-state index contributed by atoms with van der Waals surface area (Å²) in [5.41, 5.74) is 0.0277. The van der Waals surface area contributed by atoms with E-state index in [1.165, 1.54) is 0 Å². The third-order valence-corrected chi connectivity index (χ3v) is 3.61. The Balaban J connectivity index is 2.53. The first-order valence-corrected chi connectivity index (χ1v) is 6.88. The number of benzene rings is 1. The number of hydrogen-bond donors (Lipinski definition) is 2. The normalized spacial score (nSPS) is 13.5. The number of rotatable bonds is 5. The Labute approximate surface area is 122 Å². The molecule has 0 aliphatic heterocycles. The van der Waals surface area contributed by atoms with Crippen molar-refractivity contribution in [1.82, 2.24) is 5.32 Å². The molecule has 0 fully saturated rings. The fourth-order valence-corrected chi connectivity index (χ4v) is 1.65. The van der Waals surface area contributed by atoms with Gasteiger partial charge in [0.1, 0.15) is 5.54 Å². The molecule has 19 heavy (non-hydrogen) atoms. The SMILES string of the molecule is CC(C)[C@@](C)(C#N)NC(=O)CNc1ccc(Br)cc1. The van der Waals surface area contributed by atoms with E-state index in [9.17, 15) is 4.79 Å². The van der Waals surface area contributed by atoms with E-state index < -0.39 is 5.54 Å². The Morgan fingerprint density at radius 1 is 1.42 bits per heavy atom. The largest absolute Gasteiger partial charge is 0.376 e. The maximum absolute atomic E-state index is 11.8. The summed E-state index contributed by atoms with van der Waals surface area (Å²) in [7, 11) is 0. The van der Waals surface area contributed by atoms with Crippen LogP contribution >= 0.6 is 15.9 Å². The highest BCUT2D eigenvalue weighted by Gasteiger charge is 2.29. The first kappa shape index (κ1) is 15.5. The van der Waals surface area contributed by atoms with Crippen molar-refractivity contribution in [3.05, 3.63) is 28.7 Å². The Hall–Kier alpha value is -1.54. The van der Waals surface area contributed by atoms with Crippen molar-refractivity contribution in [2.45, 2.75) is 26.3 Å². The second-order valence-electron chi connectivity index (χ2n) is 4.88. The lowest BCUT2D eigenvalue weighted by Crippen LogP contribution is -2.50. The number of halogens is 1. The zero-order chi connectivity index (χ0) is 14.5. The molecule has 0 bridgehead atoms. The molecule has 0 aromatic heterocycles. The second kappa shape index (κ2) is 6.58. The van der Waals surface area contributed by atoms with E-state index in [0.717, 1.165) is 10.2 Å². The van der Waals surface area contributed by atoms with Crippen molar-refractivity contribution in [2.24, 2.45) is 5.92 Å². The van der Waals surface area contributed by atoms with E-state index in [1.54, 1.807) is 6.92 Å². The summed E-state index contributed by atoms with van der Waals surface area (Å²) in [5.74, 6) is -0.144. The Morgan fingerprint density at radius 3 is 2.47 bits per heavy atom. The van der Waals surface area contributed by atoms with E-state index in [2.05, 4.69) is 32.6 Å². The summed E-state index contributed by atoms with van der Waals surface area (Å²) in [6, 6.07) is 9.70. The van der Waals surface area contributed by atoms with Crippen molar-refractivity contribution >= 4 is 27.5 Å². The highest BCUT2D eigenvalue weighted by atomic mass is 79.9. The second-order valence-corrected chi connectivity index (χ2v) is 5.79. The molecule has 0 aliphatic carbocycles. The van der Waals surface area contributed by atoms with Crippen LogP contribution in [0, 0.1) is 17.2 Å². The summed E-state index contributed by atoms with van der Waals surface area (Å²) >= 11 is 3.35. The first-order valence-electron chi connectivity index (χ1n) is 6.09. The maximum atomic E-state index is 11.8. The van der Waals surface area contributed by atoms with Crippen LogP contribution in [0.1, 0.15) is 20.8 Å². The fourth-order valence-electron chi connectivity index (χ4n) is 1.39. The number of carbonyl (C=O) groups is 1. The monoisotopic (exact) mass is 323 g/mol. The van der Waals surface area contributed by atoms with Gasteiger partial charge in [0.05, 0.1) is 12.6 Å². The van der Waals surface area contributed by atoms with Crippen LogP contribution in [0.3, 0.4) is 0 Å². The summed E-state index contributed by atoms with van der Waals surface area (Å²) in [4.78, 5) is 11.8. The third kappa shape index (κ3) is 4.56. The van der Waals surface area contributed by atoms with E-state index in [1.807, 2.05) is 38.1 Å². The van der Waals surface area contributed by atoms with Gasteiger partial charge in [-0.2, -0.15) is 5.26 Å². The van der Waals surface area contributed by atoms with Crippen LogP contribution in [-0.2, 0) is 4.79 Å². The third-order valence-electron chi connectivity index (χ3n) is 3.08. The number of hydrogen-bond acceptors (Lipinski definition) is 3. The van der Waals surface area contributed by atoms with E-state index >= 15 is 0 Å². The van der Waals surface area contributed by atoms with Crippen LogP contribution in [0.2, 0.25) is 0 Å². The smallest absolute Gasteiger partial charge is 0.240 e. The summed E-state index contributed by atoms with van der Waals surface area (Å²) in [6.45, 7) is 5.69. The number of amides is 1. The molecule has 1 atom stereocenters. The van der Waals surface area contributed by atoms with Gasteiger partial charge >= 0.3 is 0 Å². The molecule has 0 aliphatic rings. The van der Waals surface area contributed by atoms with Crippen LogP contribution < -0.4 is 10.6 Å². The summed E-state index contributed by atoms with van der Waals surface area (Å²) in [5, 5.41) is 14.9. The molecule has 5 heteroatoms. The lowest BCUT2D eigenvalue weighted by molar-refractivity contribution is -0.121. The van der Waals surface area contributed by atoms with Crippen molar-refractivity contribution in [3.63, 3.8) is 0 Å². The molecule has 0 heterocycles. The molecule has 0 spiro atoms. The number of nitrogens with one attached hydrogen (secondary N) is 2. The Kier molecular flexibility index (Phi) is 5.37. The quantitative estimate of drug-likeness (QED) is 0.875. The number of carbonyl (C=O) groups excluding carboxylic acids is 1. The molecule has 1 aromatic carbocycles. The molecule has 102 valence electrons. The fraction of sp³-hybridized carbons (Fsp3) is 0.429. The summed E-state index contributed by atoms with van der Waals surface area (Å²) < 4.78 is 0.986. The average Bonchev–Trinajstić information content (AvgIpc) is 2.37. The predicted octanol–water partition coefficient (Wildman–Crippen LogP) is 2.92. The molecule has 2 N–H and O–H groups in total. The number of anilines is 1. The van der Waals surface area contributed by atoms with Crippen molar-refractivity contribution in [1.29, 1.82) is 5.26 Å². The zero-order valence-electron chi connectivity index (χ0n) is 11.3. The van der Waals surface area contributed by atoms with Crippen molar-refractivity contribution in [3.8, 4) is 6.07 Å². The molecule has 1 aromatic rings. The topological polar surface area (TPSA) is 64.9 Å². The zero-order valence-corrected chi connectivity index (χ0v) is 12.9. The Morgan fingerprint density at radius 2 is 2.00 bits per heavy atom. The number of nitrogens with zero attached hydrogens (tertiary/aromatic N) is 1. The van der Waals surface area contributed by atoms with Gasteiger partial charge in [0.25, 0.3) is 0 Å². The highest BCUT2D eigenvalue weighted by molar-refractivity contribution is 9.10. The van der Waals surface area contributed by atoms with Gasteiger partial charge in [-0.1, -0.05) is 29.8 Å².